The molecule has 2 aromatic heterocycles. The zero-order chi connectivity index (χ0) is 22.0. The third-order valence-electron chi connectivity index (χ3n) is 4.21. The van der Waals surface area contributed by atoms with E-state index in [2.05, 4.69) is 25.0 Å². The van der Waals surface area contributed by atoms with Crippen LogP contribution in [0.25, 0.3) is 23.1 Å². The summed E-state index contributed by atoms with van der Waals surface area (Å²) in [6.45, 7) is 2.30. The Labute approximate surface area is 178 Å². The Morgan fingerprint density at radius 2 is 1.74 bits per heavy atom. The molecule has 0 atom stereocenters. The molecule has 8 nitrogen and oxygen atoms in total. The second-order valence-corrected chi connectivity index (χ2v) is 7.10. The van der Waals surface area contributed by atoms with Crippen LogP contribution in [0.3, 0.4) is 0 Å². The van der Waals surface area contributed by atoms with E-state index >= 15 is 0 Å². The summed E-state index contributed by atoms with van der Waals surface area (Å²) in [7, 11) is 0. The van der Waals surface area contributed by atoms with Crippen LogP contribution in [0, 0.1) is 6.92 Å². The van der Waals surface area contributed by atoms with Gasteiger partial charge in [0.1, 0.15) is 11.6 Å². The minimum absolute atomic E-state index is 0.0994. The summed E-state index contributed by atoms with van der Waals surface area (Å²) in [5.74, 6) is 0.858. The molecule has 0 fully saturated rings. The third kappa shape index (κ3) is 5.03. The first-order valence-electron chi connectivity index (χ1n) is 8.88. The van der Waals surface area contributed by atoms with Crippen LogP contribution in [0.1, 0.15) is 11.4 Å². The molecular weight excluding hydrogens is 433 g/mol. The van der Waals surface area contributed by atoms with Crippen LogP contribution in [0.5, 0.6) is 5.75 Å². The van der Waals surface area contributed by atoms with Crippen molar-refractivity contribution in [1.29, 1.82) is 0 Å². The molecule has 12 heteroatoms. The lowest BCUT2D eigenvalue weighted by molar-refractivity contribution is -0.274. The van der Waals surface area contributed by atoms with Gasteiger partial charge >= 0.3 is 6.36 Å². The Kier molecular flexibility index (Phi) is 5.65. The highest BCUT2D eigenvalue weighted by molar-refractivity contribution is 7.97. The number of rotatable bonds is 6. The van der Waals surface area contributed by atoms with Crippen molar-refractivity contribution in [2.45, 2.75) is 24.7 Å². The van der Waals surface area contributed by atoms with Gasteiger partial charge in [0, 0.05) is 10.5 Å². The van der Waals surface area contributed by atoms with Gasteiger partial charge in [-0.2, -0.15) is 4.98 Å². The predicted molar refractivity (Wildman–Crippen MR) is 106 cm³/mol. The van der Waals surface area contributed by atoms with Crippen LogP contribution in [-0.2, 0) is 6.54 Å². The molecule has 0 aliphatic heterocycles. The maximum absolute atomic E-state index is 12.3. The summed E-state index contributed by atoms with van der Waals surface area (Å²) in [6, 6.07) is 12.9. The van der Waals surface area contributed by atoms with E-state index in [0.29, 0.717) is 17.9 Å². The zero-order valence-electron chi connectivity index (χ0n) is 16.0. The lowest BCUT2D eigenvalue weighted by Crippen LogP contribution is -2.16. The standard InChI is InChI=1S/C19H15F3N6O2S/c1-11-24-17(26-28(11)10-12-2-8-15(31-23)9-3-12)18-25-16(27-30-18)13-4-6-14(7-5-13)29-19(20,21)22/h2-9H,10,23H2,1H3. The molecule has 0 bridgehead atoms. The highest BCUT2D eigenvalue weighted by Crippen LogP contribution is 2.26. The van der Waals surface area contributed by atoms with Crippen molar-refractivity contribution in [2.24, 2.45) is 5.14 Å². The first-order chi connectivity index (χ1) is 14.8. The molecule has 2 aromatic carbocycles. The van der Waals surface area contributed by atoms with Gasteiger partial charge < -0.3 is 9.26 Å². The molecule has 4 rings (SSSR count). The number of hydrogen-bond donors (Lipinski definition) is 1. The van der Waals surface area contributed by atoms with Crippen molar-refractivity contribution < 1.29 is 22.4 Å². The molecule has 2 heterocycles. The number of halogens is 3. The third-order valence-corrected chi connectivity index (χ3v) is 4.76. The van der Waals surface area contributed by atoms with Crippen molar-refractivity contribution in [1.82, 2.24) is 24.9 Å². The van der Waals surface area contributed by atoms with Crippen molar-refractivity contribution in [3.05, 3.63) is 59.9 Å². The molecule has 0 amide bonds. The van der Waals surface area contributed by atoms with E-state index in [4.69, 9.17) is 9.66 Å². The van der Waals surface area contributed by atoms with Crippen molar-refractivity contribution in [2.75, 3.05) is 0 Å². The van der Waals surface area contributed by atoms with Gasteiger partial charge in [0.15, 0.2) is 0 Å². The van der Waals surface area contributed by atoms with Crippen molar-refractivity contribution in [3.8, 4) is 28.9 Å². The molecule has 0 saturated heterocycles. The summed E-state index contributed by atoms with van der Waals surface area (Å²) in [6.07, 6.45) is -4.76. The van der Waals surface area contributed by atoms with Crippen LogP contribution in [-0.4, -0.2) is 31.3 Å². The molecule has 2 N–H and O–H groups in total. The van der Waals surface area contributed by atoms with Gasteiger partial charge in [-0.25, -0.2) is 9.67 Å². The van der Waals surface area contributed by atoms with E-state index in [1.54, 1.807) is 11.6 Å². The van der Waals surface area contributed by atoms with Gasteiger partial charge in [-0.1, -0.05) is 17.3 Å². The monoisotopic (exact) mass is 448 g/mol. The fourth-order valence-electron chi connectivity index (χ4n) is 2.74. The lowest BCUT2D eigenvalue weighted by atomic mass is 10.2. The number of aromatic nitrogens is 5. The molecule has 0 radical (unpaired) electrons. The first kappa shape index (κ1) is 20.9. The minimum atomic E-state index is -4.76. The molecular formula is C19H15F3N6O2S. The Morgan fingerprint density at radius 3 is 2.39 bits per heavy atom. The van der Waals surface area contributed by atoms with E-state index in [9.17, 15) is 13.2 Å². The second kappa shape index (κ2) is 8.40. The molecule has 4 aromatic rings. The largest absolute Gasteiger partial charge is 0.573 e. The van der Waals surface area contributed by atoms with Gasteiger partial charge in [0.2, 0.25) is 11.6 Å². The van der Waals surface area contributed by atoms with Gasteiger partial charge in [-0.15, -0.1) is 18.3 Å². The average molecular weight is 448 g/mol. The first-order valence-corrected chi connectivity index (χ1v) is 9.76. The summed E-state index contributed by atoms with van der Waals surface area (Å²) < 4.78 is 47.6. The van der Waals surface area contributed by atoms with E-state index in [1.165, 1.54) is 36.2 Å². The molecule has 0 aliphatic carbocycles. The van der Waals surface area contributed by atoms with Crippen LogP contribution >= 0.6 is 11.9 Å². The smallest absolute Gasteiger partial charge is 0.406 e. The maximum Gasteiger partial charge on any atom is 0.573 e. The molecule has 0 unspecified atom stereocenters. The second-order valence-electron chi connectivity index (χ2n) is 6.40. The molecule has 31 heavy (non-hydrogen) atoms. The number of nitrogens with two attached hydrogens (primary N) is 1. The molecule has 0 saturated carbocycles. The summed E-state index contributed by atoms with van der Waals surface area (Å²) in [5, 5.41) is 13.8. The van der Waals surface area contributed by atoms with Crippen LogP contribution in [0.15, 0.2) is 57.9 Å². The zero-order valence-corrected chi connectivity index (χ0v) is 16.8. The highest BCUT2D eigenvalue weighted by atomic mass is 32.2. The SMILES string of the molecule is Cc1nc(-c2nc(-c3ccc(OC(F)(F)F)cc3)no2)nn1Cc1ccc(SN)cc1. The van der Waals surface area contributed by atoms with Crippen molar-refractivity contribution in [3.63, 3.8) is 0 Å². The minimum Gasteiger partial charge on any atom is -0.406 e. The summed E-state index contributed by atoms with van der Waals surface area (Å²) in [5.41, 5.74) is 1.48. The van der Waals surface area contributed by atoms with Gasteiger partial charge in [0.05, 0.1) is 6.54 Å². The number of aryl methyl sites for hydroxylation is 1. The van der Waals surface area contributed by atoms with E-state index in [-0.39, 0.29) is 23.3 Å². The van der Waals surface area contributed by atoms with E-state index < -0.39 is 6.36 Å². The van der Waals surface area contributed by atoms with Crippen molar-refractivity contribution >= 4 is 11.9 Å². The average Bonchev–Trinajstić information content (AvgIpc) is 3.35. The lowest BCUT2D eigenvalue weighted by Gasteiger charge is -2.08. The number of ether oxygens (including phenoxy) is 1. The Bertz CT molecular complexity index is 1170. The number of nitrogens with zero attached hydrogens (tertiary/aromatic N) is 5. The molecule has 0 spiro atoms. The quantitative estimate of drug-likeness (QED) is 0.437. The fourth-order valence-corrected chi connectivity index (χ4v) is 3.04. The van der Waals surface area contributed by atoms with Crippen LogP contribution < -0.4 is 9.88 Å². The Balaban J connectivity index is 1.50. The van der Waals surface area contributed by atoms with E-state index in [0.717, 1.165) is 10.5 Å². The van der Waals surface area contributed by atoms with E-state index in [1.807, 2.05) is 24.3 Å². The normalized spacial score (nSPS) is 11.6. The summed E-state index contributed by atoms with van der Waals surface area (Å²) >= 11 is 1.17. The molecule has 0 aliphatic rings. The predicted octanol–water partition coefficient (Wildman–Crippen LogP) is 4.22. The Hall–Kier alpha value is -3.38. The number of alkyl halides is 3. The number of benzene rings is 2. The summed E-state index contributed by atoms with van der Waals surface area (Å²) in [4.78, 5) is 9.56. The topological polar surface area (TPSA) is 105 Å². The molecule has 160 valence electrons. The maximum atomic E-state index is 12.3. The Morgan fingerprint density at radius 1 is 1.03 bits per heavy atom. The number of hydrogen-bond acceptors (Lipinski definition) is 8. The van der Waals surface area contributed by atoms with Gasteiger partial charge in [-0.3, -0.25) is 5.14 Å². The highest BCUT2D eigenvalue weighted by Gasteiger charge is 2.31. The van der Waals surface area contributed by atoms with Crippen LogP contribution in [0.4, 0.5) is 13.2 Å². The van der Waals surface area contributed by atoms with Crippen LogP contribution in [0.2, 0.25) is 0 Å². The van der Waals surface area contributed by atoms with Gasteiger partial charge in [0.25, 0.3) is 5.89 Å². The van der Waals surface area contributed by atoms with Gasteiger partial charge in [-0.05, 0) is 60.8 Å². The fraction of sp³-hybridized carbons (Fsp3) is 0.158.